The maximum atomic E-state index is 12.3. The van der Waals surface area contributed by atoms with Gasteiger partial charge in [-0.15, -0.1) is 0 Å². The molecule has 1 aliphatic heterocycles. The highest BCUT2D eigenvalue weighted by molar-refractivity contribution is 6.00. The van der Waals surface area contributed by atoms with Gasteiger partial charge in [0.2, 0.25) is 0 Å². The lowest BCUT2D eigenvalue weighted by Gasteiger charge is -2.40. The molecule has 1 heterocycles. The molecule has 160 valence electrons. The molecule has 1 amide bonds. The van der Waals surface area contributed by atoms with Crippen molar-refractivity contribution in [3.8, 4) is 5.75 Å². The molecular weight excluding hydrogens is 384 g/mol. The number of carbonyl (C=O) groups excluding carboxylic acids is 1. The number of rotatable bonds is 7. The Bertz CT molecular complexity index is 901. The lowest BCUT2D eigenvalue weighted by Crippen LogP contribution is -2.39. The molecule has 0 bridgehead atoms. The van der Waals surface area contributed by atoms with Crippen LogP contribution in [0, 0.1) is 16.0 Å². The smallest absolute Gasteiger partial charge is 0.270 e. The number of carbonyl (C=O) groups is 1. The van der Waals surface area contributed by atoms with Crippen LogP contribution in [0.25, 0.3) is 0 Å². The number of non-ortho nitro benzene ring substituents is 1. The van der Waals surface area contributed by atoms with Gasteiger partial charge in [0, 0.05) is 37.5 Å². The van der Waals surface area contributed by atoms with Crippen molar-refractivity contribution in [1.82, 2.24) is 10.2 Å². The van der Waals surface area contributed by atoms with Crippen molar-refractivity contribution in [3.63, 3.8) is 0 Å². The summed E-state index contributed by atoms with van der Waals surface area (Å²) in [6.45, 7) is 1.68. The van der Waals surface area contributed by atoms with Crippen LogP contribution in [-0.4, -0.2) is 50.0 Å². The van der Waals surface area contributed by atoms with Crippen LogP contribution in [0.2, 0.25) is 0 Å². The van der Waals surface area contributed by atoms with Crippen LogP contribution in [-0.2, 0) is 0 Å². The highest BCUT2D eigenvalue weighted by atomic mass is 16.6. The largest absolute Gasteiger partial charge is 0.497 e. The van der Waals surface area contributed by atoms with Gasteiger partial charge in [0.05, 0.1) is 17.6 Å². The zero-order valence-electron chi connectivity index (χ0n) is 17.6. The van der Waals surface area contributed by atoms with Gasteiger partial charge in [-0.05, 0) is 56.1 Å². The van der Waals surface area contributed by atoms with Crippen molar-refractivity contribution in [2.75, 3.05) is 39.6 Å². The molecule has 0 aliphatic carbocycles. The van der Waals surface area contributed by atoms with Gasteiger partial charge in [-0.2, -0.15) is 0 Å². The number of amides is 1. The second-order valence-electron chi connectivity index (χ2n) is 7.55. The van der Waals surface area contributed by atoms with Crippen LogP contribution in [0.5, 0.6) is 5.75 Å². The van der Waals surface area contributed by atoms with Gasteiger partial charge in [-0.25, -0.2) is 0 Å². The molecule has 2 N–H and O–H groups in total. The maximum absolute atomic E-state index is 12.3. The van der Waals surface area contributed by atoms with Crippen LogP contribution >= 0.6 is 0 Å². The summed E-state index contributed by atoms with van der Waals surface area (Å²) in [7, 11) is 5.30. The number of nitrogens with zero attached hydrogens (tertiary/aromatic N) is 2. The second-order valence-corrected chi connectivity index (χ2v) is 7.55. The monoisotopic (exact) mass is 412 g/mol. The number of hydrogen-bond donors (Lipinski definition) is 2. The number of ether oxygens (including phenoxy) is 1. The van der Waals surface area contributed by atoms with Crippen molar-refractivity contribution in [2.24, 2.45) is 5.92 Å². The quantitative estimate of drug-likeness (QED) is 0.534. The summed E-state index contributed by atoms with van der Waals surface area (Å²) in [6, 6.07) is 12.7. The van der Waals surface area contributed by atoms with Gasteiger partial charge in [-0.1, -0.05) is 12.1 Å². The molecule has 8 nitrogen and oxygen atoms in total. The summed E-state index contributed by atoms with van der Waals surface area (Å²) in [6.07, 6.45) is 2.15. The molecule has 30 heavy (non-hydrogen) atoms. The van der Waals surface area contributed by atoms with E-state index in [0.29, 0.717) is 18.2 Å². The lowest BCUT2D eigenvalue weighted by atomic mass is 9.84. The maximum Gasteiger partial charge on any atom is 0.270 e. The molecule has 1 aliphatic rings. The van der Waals surface area contributed by atoms with Crippen molar-refractivity contribution in [2.45, 2.75) is 18.9 Å². The summed E-state index contributed by atoms with van der Waals surface area (Å²) in [5.41, 5.74) is 1.99. The van der Waals surface area contributed by atoms with Crippen LogP contribution in [0.1, 0.15) is 34.8 Å². The fraction of sp³-hybridized carbons (Fsp3) is 0.409. The molecule has 2 unspecified atom stereocenters. The standard InChI is InChI=1S/C22H28N4O4/c1-23-22(27)19-13-17(26(28)29)8-11-20(19)24-14-16-5-4-12-25(2)21(16)15-6-9-18(30-3)10-7-15/h6-11,13,16,21,24H,4-5,12,14H2,1-3H3,(H,23,27). The number of hydrogen-bond acceptors (Lipinski definition) is 6. The number of nitrogens with one attached hydrogen (secondary N) is 2. The van der Waals surface area contributed by atoms with E-state index in [4.69, 9.17) is 4.74 Å². The molecule has 2 atom stereocenters. The van der Waals surface area contributed by atoms with E-state index < -0.39 is 4.92 Å². The minimum Gasteiger partial charge on any atom is -0.497 e. The SMILES string of the molecule is CNC(=O)c1cc([N+](=O)[O-])ccc1NCC1CCCN(C)C1c1ccc(OC)cc1. The predicted octanol–water partition coefficient (Wildman–Crippen LogP) is 3.46. The van der Waals surface area contributed by atoms with E-state index >= 15 is 0 Å². The van der Waals surface area contributed by atoms with E-state index in [-0.39, 0.29) is 23.2 Å². The van der Waals surface area contributed by atoms with E-state index in [2.05, 4.69) is 34.7 Å². The minimum absolute atomic E-state index is 0.104. The molecule has 2 aromatic carbocycles. The molecule has 0 radical (unpaired) electrons. The first-order valence-corrected chi connectivity index (χ1v) is 10.0. The minimum atomic E-state index is -0.494. The van der Waals surface area contributed by atoms with E-state index in [1.165, 1.54) is 24.7 Å². The van der Waals surface area contributed by atoms with E-state index in [9.17, 15) is 14.9 Å². The van der Waals surface area contributed by atoms with Crippen molar-refractivity contribution in [3.05, 3.63) is 63.7 Å². The molecular formula is C22H28N4O4. The van der Waals surface area contributed by atoms with E-state index in [1.54, 1.807) is 13.2 Å². The predicted molar refractivity (Wildman–Crippen MR) is 116 cm³/mol. The average Bonchev–Trinajstić information content (AvgIpc) is 2.77. The van der Waals surface area contributed by atoms with Gasteiger partial charge in [0.1, 0.15) is 5.75 Å². The number of likely N-dealkylation sites (tertiary alicyclic amines) is 1. The highest BCUT2D eigenvalue weighted by Crippen LogP contribution is 2.36. The van der Waals surface area contributed by atoms with Crippen LogP contribution in [0.3, 0.4) is 0 Å². The van der Waals surface area contributed by atoms with Gasteiger partial charge in [-0.3, -0.25) is 19.8 Å². The topological polar surface area (TPSA) is 96.7 Å². The van der Waals surface area contributed by atoms with E-state index in [0.717, 1.165) is 25.1 Å². The Morgan fingerprint density at radius 3 is 2.63 bits per heavy atom. The number of nitro groups is 1. The Morgan fingerprint density at radius 2 is 2.00 bits per heavy atom. The van der Waals surface area contributed by atoms with Gasteiger partial charge < -0.3 is 15.4 Å². The van der Waals surface area contributed by atoms with Gasteiger partial charge in [0.15, 0.2) is 0 Å². The first-order valence-electron chi connectivity index (χ1n) is 10.0. The lowest BCUT2D eigenvalue weighted by molar-refractivity contribution is -0.384. The third-order valence-electron chi connectivity index (χ3n) is 5.70. The number of nitro benzene ring substituents is 1. The molecule has 0 saturated carbocycles. The summed E-state index contributed by atoms with van der Waals surface area (Å²) in [5, 5.41) is 17.0. The summed E-state index contributed by atoms with van der Waals surface area (Å²) < 4.78 is 5.28. The Balaban J connectivity index is 1.81. The number of benzene rings is 2. The fourth-order valence-corrected chi connectivity index (χ4v) is 4.16. The van der Waals surface area contributed by atoms with Gasteiger partial charge in [0.25, 0.3) is 11.6 Å². The normalized spacial score (nSPS) is 19.2. The number of methoxy groups -OCH3 is 1. The Morgan fingerprint density at radius 1 is 1.27 bits per heavy atom. The summed E-state index contributed by atoms with van der Waals surface area (Å²) >= 11 is 0. The highest BCUT2D eigenvalue weighted by Gasteiger charge is 2.30. The van der Waals surface area contributed by atoms with Crippen LogP contribution in [0.15, 0.2) is 42.5 Å². The van der Waals surface area contributed by atoms with E-state index in [1.807, 2.05) is 12.1 Å². The van der Waals surface area contributed by atoms with Crippen molar-refractivity contribution >= 4 is 17.3 Å². The molecule has 3 rings (SSSR count). The molecule has 2 aromatic rings. The summed E-state index contributed by atoms with van der Waals surface area (Å²) in [5.74, 6) is 0.798. The average molecular weight is 412 g/mol. The zero-order valence-corrected chi connectivity index (χ0v) is 17.6. The zero-order chi connectivity index (χ0) is 21.7. The third kappa shape index (κ3) is 4.71. The first kappa shape index (κ1) is 21.6. The molecule has 8 heteroatoms. The number of anilines is 1. The Hall–Kier alpha value is -3.13. The van der Waals surface area contributed by atoms with Gasteiger partial charge >= 0.3 is 0 Å². The van der Waals surface area contributed by atoms with Crippen molar-refractivity contribution < 1.29 is 14.5 Å². The number of piperidine rings is 1. The Labute approximate surface area is 176 Å². The molecule has 0 aromatic heterocycles. The van der Waals surface area contributed by atoms with Crippen LogP contribution in [0.4, 0.5) is 11.4 Å². The van der Waals surface area contributed by atoms with Crippen LogP contribution < -0.4 is 15.4 Å². The van der Waals surface area contributed by atoms with Crippen molar-refractivity contribution in [1.29, 1.82) is 0 Å². The second kappa shape index (κ2) is 9.58. The fourth-order valence-electron chi connectivity index (χ4n) is 4.16. The summed E-state index contributed by atoms with van der Waals surface area (Å²) in [4.78, 5) is 25.2. The molecule has 0 spiro atoms. The Kier molecular flexibility index (Phi) is 6.89. The molecule has 1 saturated heterocycles. The first-order chi connectivity index (χ1) is 14.4. The third-order valence-corrected chi connectivity index (χ3v) is 5.70. The molecule has 1 fully saturated rings.